The minimum Gasteiger partial charge on any atom is -0.373 e. The Balaban J connectivity index is 1.40. The Morgan fingerprint density at radius 2 is 2.14 bits per heavy atom. The lowest BCUT2D eigenvalue weighted by Gasteiger charge is -2.35. The van der Waals surface area contributed by atoms with Gasteiger partial charge in [0.2, 0.25) is 0 Å². The van der Waals surface area contributed by atoms with Gasteiger partial charge < -0.3 is 10.1 Å². The first-order chi connectivity index (χ1) is 10.7. The van der Waals surface area contributed by atoms with Crippen molar-refractivity contribution in [2.45, 2.75) is 32.6 Å². The van der Waals surface area contributed by atoms with Gasteiger partial charge in [-0.1, -0.05) is 6.07 Å². The van der Waals surface area contributed by atoms with Crippen LogP contribution < -0.4 is 5.32 Å². The quantitative estimate of drug-likeness (QED) is 0.822. The van der Waals surface area contributed by atoms with Crippen LogP contribution in [0.1, 0.15) is 19.5 Å². The zero-order valence-electron chi connectivity index (χ0n) is 13.1. The first kappa shape index (κ1) is 16.1. The van der Waals surface area contributed by atoms with Crippen molar-refractivity contribution < 1.29 is 4.74 Å². The number of ether oxygens (including phenoxy) is 1. The van der Waals surface area contributed by atoms with Gasteiger partial charge in [0.1, 0.15) is 5.01 Å². The second kappa shape index (κ2) is 7.66. The smallest absolute Gasteiger partial charge is 0.133 e. The fourth-order valence-electron chi connectivity index (χ4n) is 2.82. The molecule has 2 unspecified atom stereocenters. The summed E-state index contributed by atoms with van der Waals surface area (Å²) in [5.74, 6) is 0. The van der Waals surface area contributed by atoms with E-state index in [2.05, 4.69) is 47.0 Å². The molecule has 0 aliphatic carbocycles. The molecular weight excluding hydrogens is 314 g/mol. The zero-order chi connectivity index (χ0) is 15.4. The van der Waals surface area contributed by atoms with Crippen LogP contribution in [0, 0.1) is 0 Å². The van der Waals surface area contributed by atoms with E-state index >= 15 is 0 Å². The van der Waals surface area contributed by atoms with Crippen LogP contribution in [0.3, 0.4) is 0 Å². The van der Waals surface area contributed by atoms with Gasteiger partial charge in [0.15, 0.2) is 0 Å². The number of rotatable bonds is 6. The van der Waals surface area contributed by atoms with Crippen molar-refractivity contribution in [1.29, 1.82) is 0 Å². The van der Waals surface area contributed by atoms with Gasteiger partial charge in [0, 0.05) is 38.1 Å². The molecule has 0 bridgehead atoms. The molecule has 120 valence electrons. The van der Waals surface area contributed by atoms with E-state index in [1.165, 1.54) is 4.88 Å². The number of hydrogen-bond acceptors (Lipinski definition) is 6. The Morgan fingerprint density at radius 1 is 1.32 bits per heavy atom. The molecule has 0 spiro atoms. The van der Waals surface area contributed by atoms with E-state index in [9.17, 15) is 0 Å². The van der Waals surface area contributed by atoms with Crippen molar-refractivity contribution in [3.8, 4) is 9.88 Å². The number of thiazole rings is 1. The molecule has 1 fully saturated rings. The summed E-state index contributed by atoms with van der Waals surface area (Å²) >= 11 is 3.47. The molecule has 4 nitrogen and oxygen atoms in total. The number of nitrogens with one attached hydrogen (secondary N) is 1. The average molecular weight is 338 g/mol. The second-order valence-electron chi connectivity index (χ2n) is 5.81. The fraction of sp³-hybridized carbons (Fsp3) is 0.562. The first-order valence-corrected chi connectivity index (χ1v) is 9.53. The molecule has 3 heterocycles. The Hall–Kier alpha value is -0.790. The molecule has 1 aliphatic heterocycles. The highest BCUT2D eigenvalue weighted by atomic mass is 32.1. The van der Waals surface area contributed by atoms with Crippen LogP contribution in [0.5, 0.6) is 0 Å². The molecule has 1 aliphatic rings. The predicted molar refractivity (Wildman–Crippen MR) is 93.6 cm³/mol. The number of thiophene rings is 1. The van der Waals surface area contributed by atoms with E-state index in [0.717, 1.165) is 43.4 Å². The maximum Gasteiger partial charge on any atom is 0.133 e. The van der Waals surface area contributed by atoms with Crippen molar-refractivity contribution in [3.63, 3.8) is 0 Å². The second-order valence-corrected chi connectivity index (χ2v) is 7.62. The average Bonchev–Trinajstić information content (AvgIpc) is 3.13. The van der Waals surface area contributed by atoms with Crippen LogP contribution in [0.2, 0.25) is 0 Å². The van der Waals surface area contributed by atoms with Crippen molar-refractivity contribution in [2.75, 3.05) is 26.2 Å². The SMILES string of the molecule is CC1CN(CCNCc2csc(-c3cccs3)n2)CC(C)O1. The Morgan fingerprint density at radius 3 is 2.86 bits per heavy atom. The maximum absolute atomic E-state index is 5.76. The lowest BCUT2D eigenvalue weighted by atomic mass is 10.2. The molecule has 22 heavy (non-hydrogen) atoms. The van der Waals surface area contributed by atoms with Crippen molar-refractivity contribution in [1.82, 2.24) is 15.2 Å². The van der Waals surface area contributed by atoms with Crippen molar-refractivity contribution in [3.05, 3.63) is 28.6 Å². The van der Waals surface area contributed by atoms with E-state index in [-0.39, 0.29) is 0 Å². The van der Waals surface area contributed by atoms with E-state index in [1.54, 1.807) is 22.7 Å². The topological polar surface area (TPSA) is 37.4 Å². The Kier molecular flexibility index (Phi) is 5.60. The summed E-state index contributed by atoms with van der Waals surface area (Å²) in [5.41, 5.74) is 1.14. The molecule has 0 radical (unpaired) electrons. The molecular formula is C16H23N3OS2. The Labute approximate surface area is 140 Å². The summed E-state index contributed by atoms with van der Waals surface area (Å²) in [7, 11) is 0. The highest BCUT2D eigenvalue weighted by Crippen LogP contribution is 2.27. The molecule has 0 aromatic carbocycles. The van der Waals surface area contributed by atoms with E-state index < -0.39 is 0 Å². The number of morpholine rings is 1. The molecule has 1 saturated heterocycles. The third kappa shape index (κ3) is 4.36. The van der Waals surface area contributed by atoms with E-state index in [1.807, 2.05) is 0 Å². The van der Waals surface area contributed by atoms with E-state index in [0.29, 0.717) is 12.2 Å². The first-order valence-electron chi connectivity index (χ1n) is 7.77. The van der Waals surface area contributed by atoms with Crippen LogP contribution >= 0.6 is 22.7 Å². The third-order valence-electron chi connectivity index (χ3n) is 3.69. The van der Waals surface area contributed by atoms with Crippen molar-refractivity contribution >= 4 is 22.7 Å². The lowest BCUT2D eigenvalue weighted by molar-refractivity contribution is -0.0674. The van der Waals surface area contributed by atoms with Gasteiger partial charge in [-0.25, -0.2) is 4.98 Å². The maximum atomic E-state index is 5.76. The van der Waals surface area contributed by atoms with Gasteiger partial charge >= 0.3 is 0 Å². The summed E-state index contributed by atoms with van der Waals surface area (Å²) in [5, 5.41) is 8.88. The molecule has 3 rings (SSSR count). The molecule has 6 heteroatoms. The minimum atomic E-state index is 0.343. The monoisotopic (exact) mass is 337 g/mol. The van der Waals surface area contributed by atoms with Gasteiger partial charge in [0.25, 0.3) is 0 Å². The fourth-order valence-corrected chi connectivity index (χ4v) is 4.46. The molecule has 1 N–H and O–H groups in total. The molecule has 2 aromatic rings. The normalized spacial score (nSPS) is 23.0. The standard InChI is InChI=1S/C16H23N3OS2/c1-12-9-19(10-13(2)20-12)6-5-17-8-14-11-22-16(18-14)15-4-3-7-21-15/h3-4,7,11-13,17H,5-6,8-10H2,1-2H3. The third-order valence-corrected chi connectivity index (χ3v) is 5.62. The summed E-state index contributed by atoms with van der Waals surface area (Å²) in [6.45, 7) is 9.27. The van der Waals surface area contributed by atoms with Gasteiger partial charge in [-0.2, -0.15) is 0 Å². The van der Waals surface area contributed by atoms with Gasteiger partial charge in [0.05, 0.1) is 22.8 Å². The van der Waals surface area contributed by atoms with Crippen LogP contribution in [-0.2, 0) is 11.3 Å². The summed E-state index contributed by atoms with van der Waals surface area (Å²) in [6.07, 6.45) is 0.686. The van der Waals surface area contributed by atoms with Crippen molar-refractivity contribution in [2.24, 2.45) is 0 Å². The van der Waals surface area contributed by atoms with Crippen LogP contribution in [0.15, 0.2) is 22.9 Å². The van der Waals surface area contributed by atoms with Crippen LogP contribution in [0.4, 0.5) is 0 Å². The summed E-state index contributed by atoms with van der Waals surface area (Å²) < 4.78 is 5.76. The number of nitrogens with zero attached hydrogens (tertiary/aromatic N) is 2. The van der Waals surface area contributed by atoms with E-state index in [4.69, 9.17) is 9.72 Å². The molecule has 2 atom stereocenters. The predicted octanol–water partition coefficient (Wildman–Crippen LogP) is 3.07. The molecule has 0 amide bonds. The lowest BCUT2D eigenvalue weighted by Crippen LogP contribution is -2.47. The van der Waals surface area contributed by atoms with Gasteiger partial charge in [-0.05, 0) is 25.3 Å². The number of aromatic nitrogens is 1. The molecule has 2 aromatic heterocycles. The Bertz CT molecular complexity index is 560. The zero-order valence-corrected chi connectivity index (χ0v) is 14.8. The van der Waals surface area contributed by atoms with Crippen LogP contribution in [-0.4, -0.2) is 48.3 Å². The van der Waals surface area contributed by atoms with Gasteiger partial charge in [-0.3, -0.25) is 4.90 Å². The molecule has 0 saturated carbocycles. The summed E-state index contributed by atoms with van der Waals surface area (Å²) in [4.78, 5) is 8.43. The van der Waals surface area contributed by atoms with Crippen LogP contribution in [0.25, 0.3) is 9.88 Å². The minimum absolute atomic E-state index is 0.343. The van der Waals surface area contributed by atoms with Gasteiger partial charge in [-0.15, -0.1) is 22.7 Å². The highest BCUT2D eigenvalue weighted by Gasteiger charge is 2.21. The largest absolute Gasteiger partial charge is 0.373 e. The summed E-state index contributed by atoms with van der Waals surface area (Å²) in [6, 6.07) is 4.20. The highest BCUT2D eigenvalue weighted by molar-refractivity contribution is 7.20. The number of hydrogen-bond donors (Lipinski definition) is 1.